The molecule has 2 aliphatic heterocycles. The third-order valence-corrected chi connectivity index (χ3v) is 9.52. The normalized spacial score (nSPS) is 17.6. The van der Waals surface area contributed by atoms with Gasteiger partial charge in [-0.15, -0.1) is 32.3 Å². The summed E-state index contributed by atoms with van der Waals surface area (Å²) in [4.78, 5) is 59.6. The average Bonchev–Trinajstić information content (AvgIpc) is 3.76. The van der Waals surface area contributed by atoms with Gasteiger partial charge in [-0.3, -0.25) is 19.9 Å². The first kappa shape index (κ1) is 32.2. The van der Waals surface area contributed by atoms with Gasteiger partial charge in [0.2, 0.25) is 6.61 Å². The van der Waals surface area contributed by atoms with Gasteiger partial charge in [-0.1, -0.05) is 17.3 Å². The van der Waals surface area contributed by atoms with Crippen molar-refractivity contribution in [3.8, 4) is 0 Å². The molecule has 1 saturated heterocycles. The highest BCUT2D eigenvalue weighted by Gasteiger charge is 2.55. The second kappa shape index (κ2) is 12.8. The molecule has 6 rings (SSSR count). The number of carbonyl (C=O) groups is 4. The van der Waals surface area contributed by atoms with Crippen LogP contribution in [0.15, 0.2) is 64.7 Å². The molecule has 20 heteroatoms. The molecule has 4 aromatic rings. The lowest BCUT2D eigenvalue weighted by Crippen LogP contribution is -2.71. The number of oxime groups is 1. The van der Waals surface area contributed by atoms with Gasteiger partial charge in [0.1, 0.15) is 34.5 Å². The molecule has 0 bridgehead atoms. The zero-order chi connectivity index (χ0) is 34.3. The number of aliphatic carboxylic acids is 2. The number of amidine groups is 1. The predicted molar refractivity (Wildman–Crippen MR) is 168 cm³/mol. The van der Waals surface area contributed by atoms with Crippen molar-refractivity contribution in [2.24, 2.45) is 10.9 Å². The number of hydrogen-bond acceptors (Lipinski definition) is 11. The summed E-state index contributed by atoms with van der Waals surface area (Å²) < 4.78 is 20.0. The molecule has 1 fully saturated rings. The van der Waals surface area contributed by atoms with Crippen LogP contribution in [0.3, 0.4) is 0 Å². The number of anilines is 1. The first-order valence-electron chi connectivity index (χ1n) is 14.0. The van der Waals surface area contributed by atoms with Gasteiger partial charge in [0.25, 0.3) is 11.8 Å². The van der Waals surface area contributed by atoms with Gasteiger partial charge in [-0.25, -0.2) is 19.0 Å². The van der Waals surface area contributed by atoms with E-state index in [-0.39, 0.29) is 46.8 Å². The van der Waals surface area contributed by atoms with E-state index < -0.39 is 53.3 Å². The number of thioether (sulfide) groups is 1. The number of fused-ring (bicyclic) bond motifs is 2. The van der Waals surface area contributed by atoms with Gasteiger partial charge in [0.15, 0.2) is 29.2 Å². The van der Waals surface area contributed by atoms with Crippen molar-refractivity contribution in [2.45, 2.75) is 24.5 Å². The van der Waals surface area contributed by atoms with E-state index >= 15 is 0 Å². The number of halogens is 1. The number of imidazole rings is 1. The van der Waals surface area contributed by atoms with Gasteiger partial charge in [-0.05, 0) is 6.07 Å². The number of carboxylic acids is 2. The van der Waals surface area contributed by atoms with E-state index in [9.17, 15) is 28.7 Å². The molecule has 0 unspecified atom stereocenters. The Morgan fingerprint density at radius 3 is 2.71 bits per heavy atom. The molecule has 2 amide bonds. The van der Waals surface area contributed by atoms with Crippen molar-refractivity contribution in [3.63, 3.8) is 0 Å². The molecule has 248 valence electrons. The molecule has 0 radical (unpaired) electrons. The summed E-state index contributed by atoms with van der Waals surface area (Å²) >= 11 is 2.27. The number of hydrogen-bond donors (Lipinski definition) is 6. The Bertz CT molecular complexity index is 2070. The van der Waals surface area contributed by atoms with Gasteiger partial charge >= 0.3 is 11.9 Å². The number of rotatable bonds is 12. The van der Waals surface area contributed by atoms with E-state index in [2.05, 4.69) is 15.5 Å². The Morgan fingerprint density at radius 2 is 2.04 bits per heavy atom. The molecule has 3 aromatic heterocycles. The third-order valence-electron chi connectivity index (χ3n) is 7.51. The standard InChI is InChI=1S/C28H25FN10O7S2/c29-16-7-13(23(30)31)1-2-14(16)8-36-5-6-38-18(36)3-4-37(38)9-15-11-47-26-21(25(43)39(26)22(15)27(44)45)34-24(42)20(35-46-10-19(40)41)17-12-48-28(32)33-17/h1-7,12,21,26H,8-11H2,(H7-,30,31,32,33,34,40,41,42,44,45)/p+1/b35-20-/t21-,26-/m1/s1. The highest BCUT2D eigenvalue weighted by atomic mass is 32.2. The Kier molecular flexibility index (Phi) is 8.58. The van der Waals surface area contributed by atoms with E-state index in [1.54, 1.807) is 50.6 Å². The molecule has 2 atom stereocenters. The Labute approximate surface area is 277 Å². The minimum Gasteiger partial charge on any atom is -0.479 e. The van der Waals surface area contributed by atoms with E-state index in [0.29, 0.717) is 16.8 Å². The number of thiazole rings is 1. The zero-order valence-electron chi connectivity index (χ0n) is 24.6. The van der Waals surface area contributed by atoms with Gasteiger partial charge in [-0.2, -0.15) is 0 Å². The van der Waals surface area contributed by atoms with Crippen LogP contribution in [0, 0.1) is 11.2 Å². The summed E-state index contributed by atoms with van der Waals surface area (Å²) in [6.07, 6.45) is 5.23. The third kappa shape index (κ3) is 6.05. The maximum Gasteiger partial charge on any atom is 0.352 e. The average molecular weight is 698 g/mol. The van der Waals surface area contributed by atoms with Crippen molar-refractivity contribution < 1.29 is 43.3 Å². The lowest BCUT2D eigenvalue weighted by molar-refractivity contribution is -0.753. The van der Waals surface area contributed by atoms with Gasteiger partial charge in [0.05, 0.1) is 18.8 Å². The van der Waals surface area contributed by atoms with Gasteiger partial charge in [0, 0.05) is 34.0 Å². The summed E-state index contributed by atoms with van der Waals surface area (Å²) in [5.74, 6) is -4.70. The summed E-state index contributed by atoms with van der Waals surface area (Å²) in [7, 11) is 0. The topological polar surface area (TPSA) is 248 Å². The highest BCUT2D eigenvalue weighted by Crippen LogP contribution is 2.40. The largest absolute Gasteiger partial charge is 0.479 e. The second-order valence-electron chi connectivity index (χ2n) is 10.6. The van der Waals surface area contributed by atoms with E-state index in [1.807, 2.05) is 0 Å². The molecule has 0 saturated carbocycles. The quantitative estimate of drug-likeness (QED) is 0.0371. The first-order valence-corrected chi connectivity index (χ1v) is 15.9. The maximum atomic E-state index is 14.7. The highest BCUT2D eigenvalue weighted by molar-refractivity contribution is 8.00. The Morgan fingerprint density at radius 1 is 1.25 bits per heavy atom. The number of benzene rings is 1. The summed E-state index contributed by atoms with van der Waals surface area (Å²) in [5.41, 5.74) is 12.3. The maximum absolute atomic E-state index is 14.7. The lowest BCUT2D eigenvalue weighted by Gasteiger charge is -2.49. The Hall–Kier alpha value is -5.76. The van der Waals surface area contributed by atoms with E-state index in [0.717, 1.165) is 16.2 Å². The van der Waals surface area contributed by atoms with Crippen LogP contribution in [-0.4, -0.2) is 88.3 Å². The van der Waals surface area contributed by atoms with Crippen LogP contribution in [0.5, 0.6) is 0 Å². The Balaban J connectivity index is 1.19. The fourth-order valence-corrected chi connectivity index (χ4v) is 7.18. The number of amides is 2. The van der Waals surface area contributed by atoms with Crippen molar-refractivity contribution in [1.82, 2.24) is 24.3 Å². The fourth-order valence-electron chi connectivity index (χ4n) is 5.29. The molecule has 1 aromatic carbocycles. The predicted octanol–water partition coefficient (Wildman–Crippen LogP) is -0.217. The van der Waals surface area contributed by atoms with E-state index in [4.69, 9.17) is 26.8 Å². The van der Waals surface area contributed by atoms with Crippen LogP contribution in [0.4, 0.5) is 9.52 Å². The number of carboxylic acid groups (broad SMARTS) is 2. The van der Waals surface area contributed by atoms with Crippen molar-refractivity contribution in [3.05, 3.63) is 82.1 Å². The van der Waals surface area contributed by atoms with E-state index in [1.165, 1.54) is 23.2 Å². The number of nitrogens with zero attached hydrogens (tertiary/aromatic N) is 6. The summed E-state index contributed by atoms with van der Waals surface area (Å²) in [6, 6.07) is 5.02. The second-order valence-corrected chi connectivity index (χ2v) is 12.6. The number of nitrogen functional groups attached to an aromatic ring is 2. The molecule has 17 nitrogen and oxygen atoms in total. The first-order chi connectivity index (χ1) is 22.9. The molecular formula is C28H26FN10O7S2+. The molecule has 2 aliphatic rings. The minimum atomic E-state index is -1.33. The number of aromatic nitrogens is 4. The molecule has 0 aliphatic carbocycles. The lowest BCUT2D eigenvalue weighted by atomic mass is 10.0. The van der Waals surface area contributed by atoms with Crippen molar-refractivity contribution in [2.75, 3.05) is 18.1 Å². The van der Waals surface area contributed by atoms with Crippen molar-refractivity contribution in [1.29, 1.82) is 5.41 Å². The van der Waals surface area contributed by atoms with Crippen LogP contribution in [0.2, 0.25) is 0 Å². The number of β-lactam (4-membered cyclic amide) rings is 1. The molecule has 0 spiro atoms. The fraction of sp³-hybridized carbons (Fsp3) is 0.214. The molecule has 8 N–H and O–H groups in total. The number of nitrogens with one attached hydrogen (secondary N) is 2. The molecule has 48 heavy (non-hydrogen) atoms. The van der Waals surface area contributed by atoms with Crippen LogP contribution in [0.25, 0.3) is 5.65 Å². The number of carbonyl (C=O) groups excluding carboxylic acids is 2. The monoisotopic (exact) mass is 697 g/mol. The van der Waals surface area contributed by atoms with Crippen LogP contribution < -0.4 is 21.5 Å². The van der Waals surface area contributed by atoms with Crippen LogP contribution >= 0.6 is 23.1 Å². The summed E-state index contributed by atoms with van der Waals surface area (Å²) in [6.45, 7) is -0.523. The number of nitrogens with two attached hydrogens (primary N) is 2. The zero-order valence-corrected chi connectivity index (χ0v) is 26.2. The summed E-state index contributed by atoms with van der Waals surface area (Å²) in [5, 5.41) is 33.4. The minimum absolute atomic E-state index is 0.00844. The molecule has 5 heterocycles. The smallest absolute Gasteiger partial charge is 0.352 e. The molecular weight excluding hydrogens is 672 g/mol. The van der Waals surface area contributed by atoms with Crippen LogP contribution in [0.1, 0.15) is 16.8 Å². The van der Waals surface area contributed by atoms with Gasteiger partial charge < -0.3 is 36.4 Å². The van der Waals surface area contributed by atoms with Crippen LogP contribution in [-0.2, 0) is 37.1 Å². The SMILES string of the molecule is N=C(N)c1ccc(Cn2ccn3c2cc[n+]3CC2=C(C(=O)O)N3C(=O)[C@@H](NC(=O)/C(=N\OCC(=O)O)c4csc(N)n4)[C@H]3SC2)c(F)c1. The van der Waals surface area contributed by atoms with Crippen molar-refractivity contribution >= 4 is 69.2 Å².